The zero-order chi connectivity index (χ0) is 20.1. The summed E-state index contributed by atoms with van der Waals surface area (Å²) in [5.41, 5.74) is 4.28. The van der Waals surface area contributed by atoms with Crippen molar-refractivity contribution in [2.75, 3.05) is 12.1 Å². The molecule has 0 aliphatic rings. The van der Waals surface area contributed by atoms with Gasteiger partial charge in [-0.25, -0.2) is 15.0 Å². The van der Waals surface area contributed by atoms with E-state index in [4.69, 9.17) is 9.97 Å². The quantitative estimate of drug-likeness (QED) is 0.391. The summed E-state index contributed by atoms with van der Waals surface area (Å²) in [6, 6.07) is 29.0. The Kier molecular flexibility index (Phi) is 5.29. The van der Waals surface area contributed by atoms with E-state index in [2.05, 4.69) is 5.10 Å². The Morgan fingerprint density at radius 1 is 0.759 bits per heavy atom. The molecule has 0 saturated heterocycles. The summed E-state index contributed by atoms with van der Waals surface area (Å²) < 4.78 is 0. The van der Waals surface area contributed by atoms with Crippen molar-refractivity contribution in [1.82, 2.24) is 9.97 Å². The lowest BCUT2D eigenvalue weighted by molar-refractivity contribution is 0.474. The van der Waals surface area contributed by atoms with Crippen LogP contribution in [0.15, 0.2) is 96.1 Å². The van der Waals surface area contributed by atoms with Gasteiger partial charge in [-0.2, -0.15) is 5.10 Å². The Bertz CT molecular complexity index is 1070. The third kappa shape index (κ3) is 4.30. The van der Waals surface area contributed by atoms with Crippen molar-refractivity contribution in [3.05, 3.63) is 96.6 Å². The van der Waals surface area contributed by atoms with Crippen LogP contribution in [0.2, 0.25) is 0 Å². The van der Waals surface area contributed by atoms with Crippen molar-refractivity contribution in [3.63, 3.8) is 0 Å². The zero-order valence-corrected chi connectivity index (χ0v) is 16.0. The van der Waals surface area contributed by atoms with Crippen molar-refractivity contribution in [2.45, 2.75) is 0 Å². The van der Waals surface area contributed by atoms with Crippen molar-refractivity contribution in [2.24, 2.45) is 5.10 Å². The van der Waals surface area contributed by atoms with Gasteiger partial charge in [-0.05, 0) is 18.2 Å². The van der Waals surface area contributed by atoms with E-state index in [9.17, 15) is 5.11 Å². The van der Waals surface area contributed by atoms with Gasteiger partial charge in [0.2, 0.25) is 5.95 Å². The average molecular weight is 380 g/mol. The number of phenolic OH excluding ortho intramolecular Hbond substituents is 1. The Labute approximate surface area is 169 Å². The van der Waals surface area contributed by atoms with E-state index in [-0.39, 0.29) is 5.75 Å². The first kappa shape index (κ1) is 18.4. The van der Waals surface area contributed by atoms with Crippen LogP contribution in [-0.2, 0) is 0 Å². The molecule has 29 heavy (non-hydrogen) atoms. The standard InChI is InChI=1S/C24H20N4O/c1-28(25-17-20-14-8-9-15-23(20)29)24-26-21(18-10-4-2-5-11-18)16-22(27-24)19-12-6-3-7-13-19/h2-17,29H,1H3/b25-17-. The molecule has 0 aliphatic heterocycles. The maximum absolute atomic E-state index is 9.94. The molecule has 5 nitrogen and oxygen atoms in total. The molecule has 0 fully saturated rings. The molecule has 142 valence electrons. The topological polar surface area (TPSA) is 61.6 Å². The predicted molar refractivity (Wildman–Crippen MR) is 117 cm³/mol. The lowest BCUT2D eigenvalue weighted by atomic mass is 10.1. The first-order valence-corrected chi connectivity index (χ1v) is 9.26. The Hall–Kier alpha value is -3.99. The highest BCUT2D eigenvalue weighted by atomic mass is 16.3. The first-order valence-electron chi connectivity index (χ1n) is 9.26. The number of anilines is 1. The summed E-state index contributed by atoms with van der Waals surface area (Å²) in [7, 11) is 1.79. The van der Waals surface area contributed by atoms with E-state index in [0.29, 0.717) is 11.5 Å². The van der Waals surface area contributed by atoms with Gasteiger partial charge in [0.05, 0.1) is 17.6 Å². The lowest BCUT2D eigenvalue weighted by Gasteiger charge is -2.14. The summed E-state index contributed by atoms with van der Waals surface area (Å²) >= 11 is 0. The molecule has 4 aromatic rings. The number of phenols is 1. The summed E-state index contributed by atoms with van der Waals surface area (Å²) in [4.78, 5) is 9.40. The van der Waals surface area contributed by atoms with Gasteiger partial charge >= 0.3 is 0 Å². The second kappa shape index (κ2) is 8.35. The van der Waals surface area contributed by atoms with Crippen LogP contribution in [0, 0.1) is 0 Å². The van der Waals surface area contributed by atoms with E-state index >= 15 is 0 Å². The van der Waals surface area contributed by atoms with Gasteiger partial charge in [0.15, 0.2) is 0 Å². The number of hydrogen-bond donors (Lipinski definition) is 1. The van der Waals surface area contributed by atoms with Crippen LogP contribution in [0.1, 0.15) is 5.56 Å². The summed E-state index contributed by atoms with van der Waals surface area (Å²) in [6.45, 7) is 0. The minimum atomic E-state index is 0.175. The average Bonchev–Trinajstić information content (AvgIpc) is 2.79. The van der Waals surface area contributed by atoms with Gasteiger partial charge in [0.25, 0.3) is 0 Å². The van der Waals surface area contributed by atoms with Gasteiger partial charge in [0, 0.05) is 23.7 Å². The molecule has 0 spiro atoms. The van der Waals surface area contributed by atoms with Gasteiger partial charge in [-0.3, -0.25) is 0 Å². The molecule has 1 N–H and O–H groups in total. The molecule has 0 bridgehead atoms. The van der Waals surface area contributed by atoms with Crippen LogP contribution in [0.4, 0.5) is 5.95 Å². The molecule has 1 aromatic heterocycles. The maximum atomic E-state index is 9.94. The normalized spacial score (nSPS) is 10.9. The van der Waals surface area contributed by atoms with Gasteiger partial charge in [0.1, 0.15) is 5.75 Å². The highest BCUT2D eigenvalue weighted by Gasteiger charge is 2.11. The van der Waals surface area contributed by atoms with E-state index in [1.165, 1.54) is 0 Å². The fourth-order valence-corrected chi connectivity index (χ4v) is 2.89. The summed E-state index contributed by atoms with van der Waals surface area (Å²) in [5.74, 6) is 0.644. The number of aromatic hydroxyl groups is 1. The number of benzene rings is 3. The zero-order valence-electron chi connectivity index (χ0n) is 16.0. The molecule has 3 aromatic carbocycles. The number of para-hydroxylation sites is 1. The smallest absolute Gasteiger partial charge is 0.247 e. The lowest BCUT2D eigenvalue weighted by Crippen LogP contribution is -2.13. The highest BCUT2D eigenvalue weighted by Crippen LogP contribution is 2.26. The number of aromatic nitrogens is 2. The molecular formula is C24H20N4O. The van der Waals surface area contributed by atoms with Gasteiger partial charge < -0.3 is 5.11 Å². The van der Waals surface area contributed by atoms with E-state index in [0.717, 1.165) is 22.5 Å². The highest BCUT2D eigenvalue weighted by molar-refractivity contribution is 5.83. The first-order chi connectivity index (χ1) is 14.2. The van der Waals surface area contributed by atoms with Gasteiger partial charge in [-0.1, -0.05) is 72.8 Å². The molecule has 0 saturated carbocycles. The van der Waals surface area contributed by atoms with Crippen molar-refractivity contribution >= 4 is 12.2 Å². The van der Waals surface area contributed by atoms with Crippen LogP contribution in [-0.4, -0.2) is 28.3 Å². The molecule has 5 heteroatoms. The van der Waals surface area contributed by atoms with Crippen LogP contribution < -0.4 is 5.01 Å². The summed E-state index contributed by atoms with van der Waals surface area (Å²) in [6.07, 6.45) is 1.59. The molecule has 4 rings (SSSR count). The van der Waals surface area contributed by atoms with Crippen molar-refractivity contribution in [3.8, 4) is 28.3 Å². The maximum Gasteiger partial charge on any atom is 0.247 e. The molecule has 0 aliphatic carbocycles. The van der Waals surface area contributed by atoms with Crippen molar-refractivity contribution in [1.29, 1.82) is 0 Å². The van der Waals surface area contributed by atoms with Crippen LogP contribution in [0.5, 0.6) is 5.75 Å². The predicted octanol–water partition coefficient (Wildman–Crippen LogP) is 4.99. The summed E-state index contributed by atoms with van der Waals surface area (Å²) in [5, 5.41) is 16.0. The van der Waals surface area contributed by atoms with Crippen LogP contribution in [0.25, 0.3) is 22.5 Å². The fraction of sp³-hybridized carbons (Fsp3) is 0.0417. The monoisotopic (exact) mass is 380 g/mol. The van der Waals surface area contributed by atoms with E-state index in [1.54, 1.807) is 36.5 Å². The van der Waals surface area contributed by atoms with Gasteiger partial charge in [-0.15, -0.1) is 0 Å². The molecule has 0 amide bonds. The Balaban J connectivity index is 1.75. The molecular weight excluding hydrogens is 360 g/mol. The molecule has 0 atom stereocenters. The Morgan fingerprint density at radius 3 is 1.83 bits per heavy atom. The Morgan fingerprint density at radius 2 is 1.28 bits per heavy atom. The SMILES string of the molecule is CN(/N=C\c1ccccc1O)c1nc(-c2ccccc2)cc(-c2ccccc2)n1. The molecule has 0 unspecified atom stereocenters. The van der Waals surface area contributed by atoms with E-state index in [1.807, 2.05) is 72.8 Å². The van der Waals surface area contributed by atoms with Crippen LogP contribution >= 0.6 is 0 Å². The third-order valence-corrected chi connectivity index (χ3v) is 4.45. The van der Waals surface area contributed by atoms with E-state index < -0.39 is 0 Å². The molecule has 1 heterocycles. The number of hydrazone groups is 1. The third-order valence-electron chi connectivity index (χ3n) is 4.45. The molecule has 0 radical (unpaired) electrons. The minimum absolute atomic E-state index is 0.175. The fourth-order valence-electron chi connectivity index (χ4n) is 2.89. The number of hydrogen-bond acceptors (Lipinski definition) is 5. The number of rotatable bonds is 5. The minimum Gasteiger partial charge on any atom is -0.507 e. The second-order valence-electron chi connectivity index (χ2n) is 6.50. The van der Waals surface area contributed by atoms with Crippen molar-refractivity contribution < 1.29 is 5.11 Å². The number of nitrogens with zero attached hydrogens (tertiary/aromatic N) is 4. The largest absolute Gasteiger partial charge is 0.507 e. The second-order valence-corrected chi connectivity index (χ2v) is 6.50. The van der Waals surface area contributed by atoms with Crippen LogP contribution in [0.3, 0.4) is 0 Å².